The smallest absolute Gasteiger partial charge is 0.296 e. The summed E-state index contributed by atoms with van der Waals surface area (Å²) in [6, 6.07) is 17.5. The van der Waals surface area contributed by atoms with Crippen molar-refractivity contribution in [2.24, 2.45) is 0 Å². The Hall–Kier alpha value is -3.80. The molecule has 0 saturated carbocycles. The number of benzene rings is 2. The molecule has 1 atom stereocenters. The Labute approximate surface area is 165 Å². The first-order valence-electron chi connectivity index (χ1n) is 9.13. The zero-order valence-corrected chi connectivity index (χ0v) is 15.4. The van der Waals surface area contributed by atoms with Crippen molar-refractivity contribution >= 4 is 22.7 Å². The average Bonchev–Trinajstić information content (AvgIpc) is 3.02. The summed E-state index contributed by atoms with van der Waals surface area (Å²) < 4.78 is 19.6. The van der Waals surface area contributed by atoms with Gasteiger partial charge in [0.05, 0.1) is 17.0 Å². The monoisotopic (exact) mass is 386 g/mol. The van der Waals surface area contributed by atoms with Gasteiger partial charge in [0.25, 0.3) is 5.91 Å². The molecule has 0 aliphatic carbocycles. The van der Waals surface area contributed by atoms with Gasteiger partial charge in [0.1, 0.15) is 17.2 Å². The van der Waals surface area contributed by atoms with Gasteiger partial charge in [-0.1, -0.05) is 36.4 Å². The minimum atomic E-state index is -0.711. The number of hydrogen-bond donors (Lipinski definition) is 0. The quantitative estimate of drug-likeness (QED) is 0.513. The van der Waals surface area contributed by atoms with Gasteiger partial charge in [-0.15, -0.1) is 0 Å². The Balaban J connectivity index is 1.84. The molecule has 0 bridgehead atoms. The second kappa shape index (κ2) is 6.38. The predicted octanol–water partition coefficient (Wildman–Crippen LogP) is 4.39. The molecule has 5 nitrogen and oxygen atoms in total. The van der Waals surface area contributed by atoms with Crippen LogP contribution in [0.5, 0.6) is 0 Å². The summed E-state index contributed by atoms with van der Waals surface area (Å²) in [6.07, 6.45) is 0. The first-order chi connectivity index (χ1) is 14.0. The number of carbonyl (C=O) groups is 1. The summed E-state index contributed by atoms with van der Waals surface area (Å²) in [5.74, 6) is -0.603. The molecule has 0 spiro atoms. The van der Waals surface area contributed by atoms with Crippen LogP contribution in [0.4, 0.5) is 10.2 Å². The Morgan fingerprint density at radius 1 is 1.00 bits per heavy atom. The van der Waals surface area contributed by atoms with Gasteiger partial charge in [-0.25, -0.2) is 9.37 Å². The lowest BCUT2D eigenvalue weighted by atomic mass is 9.98. The topological polar surface area (TPSA) is 63.4 Å². The van der Waals surface area contributed by atoms with Gasteiger partial charge in [0, 0.05) is 5.69 Å². The SMILES string of the molecule is Cc1cccc(N2C(=O)c3oc4ccc(F)cc4c(=O)c3C2c2ccccc2)n1. The molecule has 29 heavy (non-hydrogen) atoms. The summed E-state index contributed by atoms with van der Waals surface area (Å²) in [7, 11) is 0. The fourth-order valence-electron chi connectivity index (χ4n) is 3.79. The fraction of sp³-hybridized carbons (Fsp3) is 0.0870. The molecule has 5 rings (SSSR count). The van der Waals surface area contributed by atoms with Crippen molar-refractivity contribution in [2.75, 3.05) is 4.90 Å². The molecule has 1 aliphatic rings. The Morgan fingerprint density at radius 2 is 1.79 bits per heavy atom. The van der Waals surface area contributed by atoms with Crippen LogP contribution in [0.1, 0.15) is 33.4 Å². The van der Waals surface area contributed by atoms with Crippen molar-refractivity contribution in [3.05, 3.63) is 105 Å². The Kier molecular flexibility index (Phi) is 3.81. The Morgan fingerprint density at radius 3 is 2.55 bits per heavy atom. The third-order valence-electron chi connectivity index (χ3n) is 5.07. The molecular weight excluding hydrogens is 371 g/mol. The van der Waals surface area contributed by atoms with E-state index >= 15 is 0 Å². The summed E-state index contributed by atoms with van der Waals surface area (Å²) in [4.78, 5) is 32.6. The second-order valence-corrected chi connectivity index (χ2v) is 6.94. The highest BCUT2D eigenvalue weighted by atomic mass is 19.1. The number of carbonyl (C=O) groups excluding carboxylic acids is 1. The highest BCUT2D eigenvalue weighted by Gasteiger charge is 2.44. The van der Waals surface area contributed by atoms with E-state index in [1.807, 2.05) is 43.3 Å². The third kappa shape index (κ3) is 2.64. The van der Waals surface area contributed by atoms with Crippen molar-refractivity contribution in [1.82, 2.24) is 4.98 Å². The first kappa shape index (κ1) is 17.3. The van der Waals surface area contributed by atoms with E-state index in [9.17, 15) is 14.0 Å². The van der Waals surface area contributed by atoms with Crippen LogP contribution in [0, 0.1) is 12.7 Å². The first-order valence-corrected chi connectivity index (χ1v) is 9.13. The van der Waals surface area contributed by atoms with Crippen molar-refractivity contribution in [1.29, 1.82) is 0 Å². The van der Waals surface area contributed by atoms with E-state index < -0.39 is 23.2 Å². The molecule has 1 aliphatic heterocycles. The van der Waals surface area contributed by atoms with Crippen LogP contribution in [0.25, 0.3) is 11.0 Å². The lowest BCUT2D eigenvalue weighted by molar-refractivity contribution is 0.0970. The predicted molar refractivity (Wildman–Crippen MR) is 107 cm³/mol. The second-order valence-electron chi connectivity index (χ2n) is 6.94. The Bertz CT molecular complexity index is 1330. The summed E-state index contributed by atoms with van der Waals surface area (Å²) >= 11 is 0. The van der Waals surface area contributed by atoms with Crippen molar-refractivity contribution in [2.45, 2.75) is 13.0 Å². The number of nitrogens with zero attached hydrogens (tertiary/aromatic N) is 2. The van der Waals surface area contributed by atoms with Crippen molar-refractivity contribution in [3.63, 3.8) is 0 Å². The van der Waals surface area contributed by atoms with Gasteiger partial charge < -0.3 is 4.42 Å². The van der Waals surface area contributed by atoms with Gasteiger partial charge >= 0.3 is 0 Å². The number of rotatable bonds is 2. The molecule has 2 aromatic heterocycles. The van der Waals surface area contributed by atoms with E-state index in [2.05, 4.69) is 4.98 Å². The van der Waals surface area contributed by atoms with Gasteiger partial charge in [0.15, 0.2) is 5.43 Å². The van der Waals surface area contributed by atoms with Crippen LogP contribution in [-0.2, 0) is 0 Å². The maximum Gasteiger partial charge on any atom is 0.296 e. The van der Waals surface area contributed by atoms with E-state index in [0.717, 1.165) is 17.3 Å². The van der Waals surface area contributed by atoms with Gasteiger partial charge in [-0.3, -0.25) is 14.5 Å². The number of aromatic nitrogens is 1. The largest absolute Gasteiger partial charge is 0.450 e. The van der Waals surface area contributed by atoms with Gasteiger partial charge in [-0.05, 0) is 42.8 Å². The van der Waals surface area contributed by atoms with Crippen LogP contribution in [0.2, 0.25) is 0 Å². The van der Waals surface area contributed by atoms with Gasteiger partial charge in [0.2, 0.25) is 5.76 Å². The van der Waals surface area contributed by atoms with Gasteiger partial charge in [-0.2, -0.15) is 0 Å². The van der Waals surface area contributed by atoms with E-state index in [4.69, 9.17) is 4.42 Å². The standard InChI is InChI=1S/C23H15FN2O3/c1-13-6-5-9-18(25-13)26-20(14-7-3-2-4-8-14)19-21(27)16-12-15(24)10-11-17(16)29-22(19)23(26)28/h2-12,20H,1H3. The highest BCUT2D eigenvalue weighted by molar-refractivity contribution is 6.10. The van der Waals surface area contributed by atoms with Crippen LogP contribution < -0.4 is 10.3 Å². The van der Waals surface area contributed by atoms with E-state index in [-0.39, 0.29) is 22.3 Å². The number of halogens is 1. The van der Waals surface area contributed by atoms with Crippen LogP contribution in [-0.4, -0.2) is 10.9 Å². The van der Waals surface area contributed by atoms with Crippen molar-refractivity contribution < 1.29 is 13.6 Å². The molecule has 3 heterocycles. The highest BCUT2D eigenvalue weighted by Crippen LogP contribution is 2.40. The number of aryl methyl sites for hydroxylation is 1. The van der Waals surface area contributed by atoms with Crippen LogP contribution >= 0.6 is 0 Å². The van der Waals surface area contributed by atoms with E-state index in [0.29, 0.717) is 5.82 Å². The number of amides is 1. The van der Waals surface area contributed by atoms with Crippen LogP contribution in [0.3, 0.4) is 0 Å². The molecule has 0 N–H and O–H groups in total. The molecule has 0 radical (unpaired) electrons. The third-order valence-corrected chi connectivity index (χ3v) is 5.07. The van der Waals surface area contributed by atoms with Crippen molar-refractivity contribution in [3.8, 4) is 0 Å². The number of hydrogen-bond acceptors (Lipinski definition) is 4. The molecule has 2 aromatic carbocycles. The number of pyridine rings is 1. The molecule has 6 heteroatoms. The lowest BCUT2D eigenvalue weighted by Gasteiger charge is -2.24. The average molecular weight is 386 g/mol. The summed E-state index contributed by atoms with van der Waals surface area (Å²) in [6.45, 7) is 1.83. The molecule has 1 unspecified atom stereocenters. The van der Waals surface area contributed by atoms with Crippen LogP contribution in [0.15, 0.2) is 75.9 Å². The fourth-order valence-corrected chi connectivity index (χ4v) is 3.79. The normalized spacial score (nSPS) is 15.7. The number of fused-ring (bicyclic) bond motifs is 2. The molecule has 142 valence electrons. The maximum absolute atomic E-state index is 13.8. The molecule has 0 saturated heterocycles. The minimum Gasteiger partial charge on any atom is -0.450 e. The molecule has 1 amide bonds. The molecular formula is C23H15FN2O3. The summed E-state index contributed by atoms with van der Waals surface area (Å²) in [5, 5.41) is 0.108. The zero-order chi connectivity index (χ0) is 20.1. The minimum absolute atomic E-state index is 0.0359. The summed E-state index contributed by atoms with van der Waals surface area (Å²) in [5.41, 5.74) is 1.44. The molecule has 0 fully saturated rings. The van der Waals surface area contributed by atoms with E-state index in [1.165, 1.54) is 17.0 Å². The zero-order valence-electron chi connectivity index (χ0n) is 15.4. The molecule has 4 aromatic rings. The van der Waals surface area contributed by atoms with E-state index in [1.54, 1.807) is 12.1 Å². The number of anilines is 1. The lowest BCUT2D eigenvalue weighted by Crippen LogP contribution is -2.30. The maximum atomic E-state index is 13.8.